The van der Waals surface area contributed by atoms with Crippen LogP contribution < -0.4 is 11.1 Å². The van der Waals surface area contributed by atoms with Crippen molar-refractivity contribution in [3.63, 3.8) is 0 Å². The summed E-state index contributed by atoms with van der Waals surface area (Å²) < 4.78 is 0. The van der Waals surface area contributed by atoms with E-state index in [1.165, 1.54) is 0 Å². The molecule has 0 heterocycles. The Morgan fingerprint density at radius 2 is 1.81 bits per heavy atom. The summed E-state index contributed by atoms with van der Waals surface area (Å²) in [7, 11) is 0. The van der Waals surface area contributed by atoms with Crippen LogP contribution in [0, 0.1) is 0 Å². The summed E-state index contributed by atoms with van der Waals surface area (Å²) in [5, 5.41) is 29.4. The fourth-order valence-corrected chi connectivity index (χ4v) is 1.18. The number of nitrogens with one attached hydrogen (secondary N) is 1. The maximum atomic E-state index is 11.6. The van der Waals surface area contributed by atoms with Gasteiger partial charge in [-0.05, 0) is 6.42 Å². The van der Waals surface area contributed by atoms with Gasteiger partial charge in [-0.3, -0.25) is 4.79 Å². The molecule has 6 heteroatoms. The zero-order valence-electron chi connectivity index (χ0n) is 9.65. The third kappa shape index (κ3) is 4.44. The first-order valence-corrected chi connectivity index (χ1v) is 5.45. The molecule has 1 atom stereocenters. The molecule has 0 saturated heterocycles. The standard InChI is InChI=1S/C10H22N2O4/c1-2-3-4-8(11)9(16)12-10(5-13,6-14)7-15/h8,13-15H,2-7,11H2,1H3,(H,12,16). The van der Waals surface area contributed by atoms with Crippen molar-refractivity contribution in [3.8, 4) is 0 Å². The molecule has 0 rings (SSSR count). The molecule has 0 aromatic heterocycles. The van der Waals surface area contributed by atoms with E-state index in [-0.39, 0.29) is 0 Å². The van der Waals surface area contributed by atoms with Gasteiger partial charge in [-0.25, -0.2) is 0 Å². The highest BCUT2D eigenvalue weighted by Crippen LogP contribution is 2.04. The molecular formula is C10H22N2O4. The molecule has 0 aromatic rings. The lowest BCUT2D eigenvalue weighted by Crippen LogP contribution is -2.60. The second kappa shape index (κ2) is 7.56. The molecule has 0 aliphatic rings. The van der Waals surface area contributed by atoms with Crippen LogP contribution in [0.2, 0.25) is 0 Å². The Bertz CT molecular complexity index is 199. The first-order chi connectivity index (χ1) is 7.55. The van der Waals surface area contributed by atoms with Crippen molar-refractivity contribution in [2.45, 2.75) is 37.8 Å². The minimum Gasteiger partial charge on any atom is -0.394 e. The van der Waals surface area contributed by atoms with E-state index in [1.807, 2.05) is 6.92 Å². The largest absolute Gasteiger partial charge is 0.394 e. The number of hydrogen-bond donors (Lipinski definition) is 5. The molecule has 0 spiro atoms. The van der Waals surface area contributed by atoms with Crippen molar-refractivity contribution in [1.82, 2.24) is 5.32 Å². The fraction of sp³-hybridized carbons (Fsp3) is 0.900. The lowest BCUT2D eigenvalue weighted by atomic mass is 10.0. The quantitative estimate of drug-likeness (QED) is 0.344. The topological polar surface area (TPSA) is 116 Å². The number of hydrogen-bond acceptors (Lipinski definition) is 5. The van der Waals surface area contributed by atoms with E-state index in [0.717, 1.165) is 12.8 Å². The lowest BCUT2D eigenvalue weighted by Gasteiger charge is -2.29. The Hall–Kier alpha value is -0.690. The van der Waals surface area contributed by atoms with Gasteiger partial charge in [0, 0.05) is 0 Å². The summed E-state index contributed by atoms with van der Waals surface area (Å²) in [6.07, 6.45) is 2.31. The predicted molar refractivity (Wildman–Crippen MR) is 59.6 cm³/mol. The smallest absolute Gasteiger partial charge is 0.237 e. The molecule has 0 saturated carbocycles. The second-order valence-corrected chi connectivity index (χ2v) is 3.99. The summed E-state index contributed by atoms with van der Waals surface area (Å²) in [6, 6.07) is -0.677. The number of carbonyl (C=O) groups excluding carboxylic acids is 1. The normalized spacial score (nSPS) is 13.6. The Labute approximate surface area is 95.5 Å². The minimum absolute atomic E-state index is 0.467. The maximum Gasteiger partial charge on any atom is 0.237 e. The third-order valence-corrected chi connectivity index (χ3v) is 2.50. The first-order valence-electron chi connectivity index (χ1n) is 5.45. The first kappa shape index (κ1) is 15.3. The molecule has 6 N–H and O–H groups in total. The van der Waals surface area contributed by atoms with Crippen LogP contribution in [0.4, 0.5) is 0 Å². The summed E-state index contributed by atoms with van der Waals surface area (Å²) >= 11 is 0. The van der Waals surface area contributed by atoms with Crippen LogP contribution in [-0.4, -0.2) is 52.6 Å². The van der Waals surface area contributed by atoms with Crippen LogP contribution in [0.25, 0.3) is 0 Å². The van der Waals surface area contributed by atoms with Gasteiger partial charge in [0.2, 0.25) is 5.91 Å². The third-order valence-electron chi connectivity index (χ3n) is 2.50. The highest BCUT2D eigenvalue weighted by Gasteiger charge is 2.31. The Morgan fingerprint density at radius 1 is 1.31 bits per heavy atom. The summed E-state index contributed by atoms with van der Waals surface area (Å²) in [6.45, 7) is 0.384. The number of aliphatic hydroxyl groups is 3. The van der Waals surface area contributed by atoms with Gasteiger partial charge in [0.15, 0.2) is 0 Å². The van der Waals surface area contributed by atoms with E-state index >= 15 is 0 Å². The van der Waals surface area contributed by atoms with Crippen molar-refractivity contribution in [2.24, 2.45) is 5.73 Å². The second-order valence-electron chi connectivity index (χ2n) is 3.99. The molecule has 0 aliphatic carbocycles. The molecule has 16 heavy (non-hydrogen) atoms. The highest BCUT2D eigenvalue weighted by molar-refractivity contribution is 5.82. The van der Waals surface area contributed by atoms with Crippen LogP contribution in [0.1, 0.15) is 26.2 Å². The Morgan fingerprint density at radius 3 is 2.19 bits per heavy atom. The van der Waals surface area contributed by atoms with Gasteiger partial charge < -0.3 is 26.4 Å². The van der Waals surface area contributed by atoms with Gasteiger partial charge in [-0.2, -0.15) is 0 Å². The summed E-state index contributed by atoms with van der Waals surface area (Å²) in [5.41, 5.74) is 4.23. The molecular weight excluding hydrogens is 212 g/mol. The van der Waals surface area contributed by atoms with Crippen molar-refractivity contribution in [2.75, 3.05) is 19.8 Å². The number of aliphatic hydroxyl groups excluding tert-OH is 3. The number of amides is 1. The van der Waals surface area contributed by atoms with Gasteiger partial charge in [0.25, 0.3) is 0 Å². The van der Waals surface area contributed by atoms with E-state index < -0.39 is 37.3 Å². The zero-order valence-corrected chi connectivity index (χ0v) is 9.65. The Kier molecular flexibility index (Phi) is 7.24. The minimum atomic E-state index is -1.39. The average molecular weight is 234 g/mol. The molecule has 1 amide bonds. The zero-order chi connectivity index (χ0) is 12.6. The number of rotatable bonds is 8. The van der Waals surface area contributed by atoms with Gasteiger partial charge in [0.1, 0.15) is 5.54 Å². The van der Waals surface area contributed by atoms with Crippen molar-refractivity contribution < 1.29 is 20.1 Å². The highest BCUT2D eigenvalue weighted by atomic mass is 16.3. The summed E-state index contributed by atoms with van der Waals surface area (Å²) in [5.74, 6) is -0.467. The number of unbranched alkanes of at least 4 members (excludes halogenated alkanes) is 1. The molecule has 0 aromatic carbocycles. The van der Waals surface area contributed by atoms with Crippen molar-refractivity contribution >= 4 is 5.91 Å². The van der Waals surface area contributed by atoms with Crippen LogP contribution >= 0.6 is 0 Å². The molecule has 0 fully saturated rings. The Balaban J connectivity index is 4.28. The molecule has 6 nitrogen and oxygen atoms in total. The molecule has 1 unspecified atom stereocenters. The van der Waals surface area contributed by atoms with Crippen LogP contribution in [-0.2, 0) is 4.79 Å². The predicted octanol–water partition coefficient (Wildman–Crippen LogP) is -1.66. The van der Waals surface area contributed by atoms with Crippen molar-refractivity contribution in [1.29, 1.82) is 0 Å². The summed E-state index contributed by atoms with van der Waals surface area (Å²) in [4.78, 5) is 11.6. The van der Waals surface area contributed by atoms with Gasteiger partial charge >= 0.3 is 0 Å². The van der Waals surface area contributed by atoms with Crippen LogP contribution in [0.5, 0.6) is 0 Å². The maximum absolute atomic E-state index is 11.6. The number of nitrogens with two attached hydrogens (primary N) is 1. The average Bonchev–Trinajstić information content (AvgIpc) is 2.32. The molecule has 0 radical (unpaired) electrons. The SMILES string of the molecule is CCCCC(N)C(=O)NC(CO)(CO)CO. The number of carbonyl (C=O) groups is 1. The van der Waals surface area contributed by atoms with Crippen LogP contribution in [0.3, 0.4) is 0 Å². The van der Waals surface area contributed by atoms with Gasteiger partial charge in [-0.15, -0.1) is 0 Å². The van der Waals surface area contributed by atoms with E-state index in [2.05, 4.69) is 5.32 Å². The van der Waals surface area contributed by atoms with E-state index in [4.69, 9.17) is 21.1 Å². The van der Waals surface area contributed by atoms with E-state index in [9.17, 15) is 4.79 Å². The van der Waals surface area contributed by atoms with E-state index in [0.29, 0.717) is 6.42 Å². The monoisotopic (exact) mass is 234 g/mol. The molecule has 96 valence electrons. The molecule has 0 aliphatic heterocycles. The van der Waals surface area contributed by atoms with E-state index in [1.54, 1.807) is 0 Å². The van der Waals surface area contributed by atoms with Gasteiger partial charge in [0.05, 0.1) is 25.9 Å². The van der Waals surface area contributed by atoms with Crippen LogP contribution in [0.15, 0.2) is 0 Å². The van der Waals surface area contributed by atoms with Crippen molar-refractivity contribution in [3.05, 3.63) is 0 Å². The lowest BCUT2D eigenvalue weighted by molar-refractivity contribution is -0.126. The van der Waals surface area contributed by atoms with Gasteiger partial charge in [-0.1, -0.05) is 19.8 Å². The fourth-order valence-electron chi connectivity index (χ4n) is 1.18. The molecule has 0 bridgehead atoms.